The summed E-state index contributed by atoms with van der Waals surface area (Å²) in [6.45, 7) is 7.19. The van der Waals surface area contributed by atoms with Crippen molar-refractivity contribution in [3.05, 3.63) is 58.6 Å². The Bertz CT molecular complexity index is 879. The maximum Gasteiger partial charge on any atom is 0.251 e. The number of carbonyl (C=O) groups excluding carboxylic acids is 1. The van der Waals surface area contributed by atoms with Gasteiger partial charge in [0.05, 0.1) is 10.6 Å². The molecular formula is C22H24ClN3O. The van der Waals surface area contributed by atoms with E-state index < -0.39 is 0 Å². The third-order valence-electron chi connectivity index (χ3n) is 4.82. The highest BCUT2D eigenvalue weighted by atomic mass is 35.5. The van der Waals surface area contributed by atoms with Crippen LogP contribution in [0.1, 0.15) is 42.6 Å². The van der Waals surface area contributed by atoms with Gasteiger partial charge in [0, 0.05) is 17.6 Å². The van der Waals surface area contributed by atoms with Crippen molar-refractivity contribution in [2.75, 3.05) is 19.6 Å². The summed E-state index contributed by atoms with van der Waals surface area (Å²) in [4.78, 5) is 15.2. The van der Waals surface area contributed by atoms with Crippen molar-refractivity contribution >= 4 is 17.5 Å². The number of likely N-dealkylation sites (tertiary alicyclic amines) is 1. The van der Waals surface area contributed by atoms with E-state index in [9.17, 15) is 4.79 Å². The molecular weight excluding hydrogens is 358 g/mol. The fourth-order valence-corrected chi connectivity index (χ4v) is 3.77. The van der Waals surface area contributed by atoms with Crippen LogP contribution in [0.25, 0.3) is 11.1 Å². The zero-order chi connectivity index (χ0) is 19.4. The van der Waals surface area contributed by atoms with Crippen LogP contribution in [0.15, 0.2) is 42.5 Å². The summed E-state index contributed by atoms with van der Waals surface area (Å²) in [7, 11) is 0. The van der Waals surface area contributed by atoms with Gasteiger partial charge < -0.3 is 10.2 Å². The number of nitrogens with zero attached hydrogens (tertiary/aromatic N) is 2. The van der Waals surface area contributed by atoms with Crippen LogP contribution in [0.2, 0.25) is 5.02 Å². The average molecular weight is 382 g/mol. The molecule has 5 heteroatoms. The van der Waals surface area contributed by atoms with E-state index in [2.05, 4.69) is 30.1 Å². The number of hydrogen-bond donors (Lipinski definition) is 1. The Morgan fingerprint density at radius 2 is 1.89 bits per heavy atom. The molecule has 3 rings (SSSR count). The summed E-state index contributed by atoms with van der Waals surface area (Å²) in [6.07, 6.45) is 2.47. The van der Waals surface area contributed by atoms with Gasteiger partial charge in [-0.15, -0.1) is 0 Å². The van der Waals surface area contributed by atoms with Crippen LogP contribution in [0, 0.1) is 11.3 Å². The molecule has 1 heterocycles. The van der Waals surface area contributed by atoms with Gasteiger partial charge in [-0.2, -0.15) is 5.26 Å². The highest BCUT2D eigenvalue weighted by Gasteiger charge is 2.26. The number of benzene rings is 2. The number of halogens is 1. The van der Waals surface area contributed by atoms with Crippen molar-refractivity contribution in [1.29, 1.82) is 5.26 Å². The molecule has 1 aliphatic heterocycles. The standard InChI is InChI=1S/C22H24ClN3O/c1-22(2,15-26-10-3-4-11-26)25-21(27)18-7-5-6-16(12-18)17-8-9-19(14-24)20(23)13-17/h5-9,12-13H,3-4,10-11,15H2,1-2H3,(H,25,27). The van der Waals surface area contributed by atoms with Crippen molar-refractivity contribution in [3.63, 3.8) is 0 Å². The molecule has 0 bridgehead atoms. The second-order valence-corrected chi connectivity index (χ2v) is 8.12. The van der Waals surface area contributed by atoms with Gasteiger partial charge >= 0.3 is 0 Å². The number of carbonyl (C=O) groups is 1. The molecule has 2 aromatic carbocycles. The lowest BCUT2D eigenvalue weighted by Crippen LogP contribution is -2.51. The molecule has 0 atom stereocenters. The molecule has 0 aliphatic carbocycles. The van der Waals surface area contributed by atoms with Gasteiger partial charge in [-0.25, -0.2) is 0 Å². The van der Waals surface area contributed by atoms with Crippen LogP contribution in [0.5, 0.6) is 0 Å². The van der Waals surface area contributed by atoms with Crippen molar-refractivity contribution < 1.29 is 4.79 Å². The zero-order valence-electron chi connectivity index (χ0n) is 15.8. The SMILES string of the molecule is CC(C)(CN1CCCC1)NC(=O)c1cccc(-c2ccc(C#N)c(Cl)c2)c1. The molecule has 1 amide bonds. The topological polar surface area (TPSA) is 56.1 Å². The Kier molecular flexibility index (Phi) is 5.84. The minimum atomic E-state index is -0.296. The first kappa shape index (κ1) is 19.4. The molecule has 4 nitrogen and oxygen atoms in total. The third-order valence-corrected chi connectivity index (χ3v) is 5.13. The fraction of sp³-hybridized carbons (Fsp3) is 0.364. The Balaban J connectivity index is 1.75. The van der Waals surface area contributed by atoms with E-state index in [-0.39, 0.29) is 11.4 Å². The minimum Gasteiger partial charge on any atom is -0.346 e. The number of nitrogens with one attached hydrogen (secondary N) is 1. The van der Waals surface area contributed by atoms with Gasteiger partial charge in [-0.1, -0.05) is 29.8 Å². The summed E-state index contributed by atoms with van der Waals surface area (Å²) in [5.74, 6) is -0.0826. The number of nitriles is 1. The predicted octanol–water partition coefficient (Wildman–Crippen LogP) is 4.48. The lowest BCUT2D eigenvalue weighted by Gasteiger charge is -2.31. The minimum absolute atomic E-state index is 0.0826. The van der Waals surface area contributed by atoms with E-state index in [1.54, 1.807) is 12.1 Å². The predicted molar refractivity (Wildman–Crippen MR) is 109 cm³/mol. The molecule has 1 aliphatic rings. The van der Waals surface area contributed by atoms with Crippen LogP contribution in [0.4, 0.5) is 0 Å². The molecule has 0 aromatic heterocycles. The first-order valence-corrected chi connectivity index (χ1v) is 9.61. The van der Waals surface area contributed by atoms with Gasteiger partial charge in [0.25, 0.3) is 5.91 Å². The molecule has 0 unspecified atom stereocenters. The van der Waals surface area contributed by atoms with Crippen LogP contribution >= 0.6 is 11.6 Å². The van der Waals surface area contributed by atoms with Crippen LogP contribution < -0.4 is 5.32 Å². The van der Waals surface area contributed by atoms with Gasteiger partial charge in [0.1, 0.15) is 6.07 Å². The summed E-state index contributed by atoms with van der Waals surface area (Å²) < 4.78 is 0. The monoisotopic (exact) mass is 381 g/mol. The van der Waals surface area contributed by atoms with E-state index in [1.165, 1.54) is 12.8 Å². The van der Waals surface area contributed by atoms with Crippen LogP contribution in [-0.2, 0) is 0 Å². The van der Waals surface area contributed by atoms with E-state index in [1.807, 2.05) is 30.3 Å². The second-order valence-electron chi connectivity index (χ2n) is 7.71. The maximum absolute atomic E-state index is 12.8. The Morgan fingerprint density at radius 3 is 2.56 bits per heavy atom. The summed E-state index contributed by atoms with van der Waals surface area (Å²) in [5.41, 5.74) is 2.53. The molecule has 2 aromatic rings. The highest BCUT2D eigenvalue weighted by Crippen LogP contribution is 2.26. The molecule has 0 radical (unpaired) electrons. The largest absolute Gasteiger partial charge is 0.346 e. The molecule has 27 heavy (non-hydrogen) atoms. The average Bonchev–Trinajstić information content (AvgIpc) is 3.13. The summed E-state index contributed by atoms with van der Waals surface area (Å²) in [5, 5.41) is 12.6. The maximum atomic E-state index is 12.8. The lowest BCUT2D eigenvalue weighted by atomic mass is 10.00. The number of rotatable bonds is 5. The smallest absolute Gasteiger partial charge is 0.251 e. The molecule has 1 saturated heterocycles. The third kappa shape index (κ3) is 4.88. The normalized spacial score (nSPS) is 14.7. The van der Waals surface area contributed by atoms with E-state index in [4.69, 9.17) is 16.9 Å². The zero-order valence-corrected chi connectivity index (χ0v) is 16.5. The van der Waals surface area contributed by atoms with Gasteiger partial charge in [0.2, 0.25) is 0 Å². The van der Waals surface area contributed by atoms with Gasteiger partial charge in [-0.3, -0.25) is 4.79 Å². The Hall–Kier alpha value is -2.35. The fourth-order valence-electron chi connectivity index (χ4n) is 3.54. The van der Waals surface area contributed by atoms with E-state index in [0.29, 0.717) is 16.1 Å². The number of amides is 1. The van der Waals surface area contributed by atoms with Crippen molar-refractivity contribution in [2.24, 2.45) is 0 Å². The Morgan fingerprint density at radius 1 is 1.19 bits per heavy atom. The number of hydrogen-bond acceptors (Lipinski definition) is 3. The molecule has 1 N–H and O–H groups in total. The quantitative estimate of drug-likeness (QED) is 0.830. The van der Waals surface area contributed by atoms with Crippen molar-refractivity contribution in [1.82, 2.24) is 10.2 Å². The van der Waals surface area contributed by atoms with Gasteiger partial charge in [0.15, 0.2) is 0 Å². The van der Waals surface area contributed by atoms with Crippen LogP contribution in [0.3, 0.4) is 0 Å². The summed E-state index contributed by atoms with van der Waals surface area (Å²) >= 11 is 6.14. The lowest BCUT2D eigenvalue weighted by molar-refractivity contribution is 0.0894. The Labute approximate surface area is 165 Å². The van der Waals surface area contributed by atoms with E-state index >= 15 is 0 Å². The first-order valence-electron chi connectivity index (χ1n) is 9.23. The van der Waals surface area contributed by atoms with E-state index in [0.717, 1.165) is 30.8 Å². The molecule has 0 saturated carbocycles. The van der Waals surface area contributed by atoms with Crippen LogP contribution in [-0.4, -0.2) is 36.0 Å². The summed E-state index contributed by atoms with van der Waals surface area (Å²) in [6, 6.07) is 14.8. The van der Waals surface area contributed by atoms with Gasteiger partial charge in [-0.05, 0) is 75.2 Å². The second kappa shape index (κ2) is 8.12. The molecule has 140 valence electrons. The molecule has 0 spiro atoms. The highest BCUT2D eigenvalue weighted by molar-refractivity contribution is 6.32. The molecule has 1 fully saturated rings. The first-order chi connectivity index (χ1) is 12.9. The van der Waals surface area contributed by atoms with Crippen molar-refractivity contribution in [3.8, 4) is 17.2 Å². The van der Waals surface area contributed by atoms with Crippen molar-refractivity contribution in [2.45, 2.75) is 32.2 Å².